The van der Waals surface area contributed by atoms with Gasteiger partial charge in [0.2, 0.25) is 0 Å². The van der Waals surface area contributed by atoms with Crippen LogP contribution in [0.15, 0.2) is 24.4 Å². The molecule has 1 heterocycles. The zero-order valence-corrected chi connectivity index (χ0v) is 12.9. The maximum Gasteiger partial charge on any atom is 0.0719 e. The number of aliphatic hydroxyl groups excluding tert-OH is 1. The van der Waals surface area contributed by atoms with Gasteiger partial charge in [0.15, 0.2) is 0 Å². The Morgan fingerprint density at radius 3 is 2.75 bits per heavy atom. The third kappa shape index (κ3) is 6.22. The van der Waals surface area contributed by atoms with Crippen molar-refractivity contribution < 1.29 is 39.2 Å². The van der Waals surface area contributed by atoms with Crippen molar-refractivity contribution >= 4 is 8.41 Å². The first-order chi connectivity index (χ1) is 7.15. The number of hydrogen-bond donors (Lipinski definition) is 1. The third-order valence-electron chi connectivity index (χ3n) is 2.51. The smallest absolute Gasteiger partial charge is 0.0719 e. The van der Waals surface area contributed by atoms with Gasteiger partial charge in [-0.1, -0.05) is 25.7 Å². The molecule has 2 atom stereocenters. The fourth-order valence-corrected chi connectivity index (χ4v) is 1.44. The summed E-state index contributed by atoms with van der Waals surface area (Å²) in [7, 11) is 6.40. The van der Waals surface area contributed by atoms with Gasteiger partial charge < -0.3 is 17.4 Å². The Balaban J connectivity index is -0.000000464. The van der Waals surface area contributed by atoms with Gasteiger partial charge in [0, 0.05) is 47.2 Å². The molecule has 0 aromatic carbocycles. The van der Waals surface area contributed by atoms with Crippen LogP contribution in [-0.4, -0.2) is 30.6 Å². The Kier molecular flexibility index (Phi) is 12.4. The van der Waals surface area contributed by atoms with E-state index in [9.17, 15) is 5.11 Å². The predicted octanol–water partition coefficient (Wildman–Crippen LogP) is 2.15. The first-order valence-electron chi connectivity index (χ1n) is 5.49. The Bertz CT molecular complexity index is 227. The normalized spacial score (nSPS) is 21.5. The van der Waals surface area contributed by atoms with Gasteiger partial charge in [-0.05, 0) is 25.0 Å². The average molecular weight is 296 g/mol. The first kappa shape index (κ1) is 18.8. The summed E-state index contributed by atoms with van der Waals surface area (Å²) in [5, 5.41) is 9.32. The van der Waals surface area contributed by atoms with Crippen molar-refractivity contribution in [1.29, 1.82) is 0 Å². The molecule has 0 bridgehead atoms. The number of rotatable bonds is 3. The molecule has 1 fully saturated rings. The topological polar surface area (TPSA) is 23.5 Å². The molecule has 0 amide bonds. The summed E-state index contributed by atoms with van der Waals surface area (Å²) in [5.41, 5.74) is 1.08. The van der Waals surface area contributed by atoms with Gasteiger partial charge in [0.1, 0.15) is 0 Å². The van der Waals surface area contributed by atoms with E-state index in [1.807, 2.05) is 24.0 Å². The van der Waals surface area contributed by atoms with Crippen LogP contribution in [-0.2, 0) is 32.7 Å². The van der Waals surface area contributed by atoms with Crippen LogP contribution in [0.1, 0.15) is 27.6 Å². The monoisotopic (exact) mass is 296 g/mol. The van der Waals surface area contributed by atoms with Crippen molar-refractivity contribution in [3.63, 3.8) is 0 Å². The zero-order chi connectivity index (χ0) is 11.8. The van der Waals surface area contributed by atoms with Crippen molar-refractivity contribution in [2.75, 3.05) is 0 Å². The largest absolute Gasteiger partial charge is 0.524 e. The minimum atomic E-state index is -0.317. The standard InChI is InChI=1S/C11H18NO.CH3.B.Y/c1-4-11(13)8-7-10-6-5-9(2)12(10)3;;;/h7-8,10-11,13H,2-6H2,1H3;1H3;;/q2*-1;;/t10-,11+;;;/m1.../s1/i;1D;;. The third-order valence-corrected chi connectivity index (χ3v) is 2.51. The van der Waals surface area contributed by atoms with Gasteiger partial charge in [-0.3, -0.25) is 7.05 Å². The van der Waals surface area contributed by atoms with Gasteiger partial charge in [0.25, 0.3) is 0 Å². The molecule has 2 nitrogen and oxygen atoms in total. The van der Waals surface area contributed by atoms with Gasteiger partial charge in [-0.25, -0.2) is 1.37 Å². The van der Waals surface area contributed by atoms with Crippen LogP contribution in [0, 0.1) is 14.5 Å². The van der Waals surface area contributed by atoms with E-state index in [4.69, 9.17) is 1.37 Å². The molecule has 0 spiro atoms. The first-order valence-corrected chi connectivity index (χ1v) is 4.79. The molecule has 88 valence electrons. The maximum absolute atomic E-state index is 9.32. The number of likely N-dealkylation sites (tertiary alicyclic amines) is 1. The molecule has 0 saturated carbocycles. The summed E-state index contributed by atoms with van der Waals surface area (Å²) < 4.78 is 5.50. The van der Waals surface area contributed by atoms with E-state index in [0.717, 1.165) is 25.0 Å². The van der Waals surface area contributed by atoms with Gasteiger partial charge >= 0.3 is 0 Å². The van der Waals surface area contributed by atoms with Gasteiger partial charge in [0.05, 0.1) is 6.10 Å². The van der Waals surface area contributed by atoms with Crippen molar-refractivity contribution in [2.45, 2.75) is 38.3 Å². The minimum Gasteiger partial charge on any atom is -0.524 e. The van der Waals surface area contributed by atoms with Crippen LogP contribution in [0.25, 0.3) is 0 Å². The Hall–Kier alpha value is 0.409. The molecule has 1 rings (SSSR count). The number of hydrogen-bond acceptors (Lipinski definition) is 2. The molecule has 1 aliphatic heterocycles. The molecule has 0 aromatic heterocycles. The van der Waals surface area contributed by atoms with Crippen LogP contribution >= 0.6 is 0 Å². The summed E-state index contributed by atoms with van der Waals surface area (Å²) in [6.45, 7) is 5.86. The molecular formula is C12H21BNOY-2. The van der Waals surface area contributed by atoms with Crippen LogP contribution in [0.2, 0.25) is 0 Å². The fraction of sp³-hybridized carbons (Fsp3) is 0.500. The van der Waals surface area contributed by atoms with E-state index in [0.29, 0.717) is 6.04 Å². The maximum atomic E-state index is 9.32. The average Bonchev–Trinajstić information content (AvgIpc) is 2.59. The van der Waals surface area contributed by atoms with Crippen LogP contribution in [0.3, 0.4) is 0 Å². The second kappa shape index (κ2) is 10.6. The molecule has 16 heavy (non-hydrogen) atoms. The van der Waals surface area contributed by atoms with Crippen molar-refractivity contribution in [2.24, 2.45) is 0 Å². The molecule has 0 aliphatic carbocycles. The minimum absolute atomic E-state index is 0. The molecule has 4 radical (unpaired) electrons. The Morgan fingerprint density at radius 2 is 2.38 bits per heavy atom. The van der Waals surface area contributed by atoms with Crippen LogP contribution in [0.5, 0.6) is 0 Å². The summed E-state index contributed by atoms with van der Waals surface area (Å²) in [5.74, 6) is 0. The molecule has 1 N–H and O–H groups in total. The number of aliphatic hydroxyl groups is 1. The molecule has 1 saturated heterocycles. The van der Waals surface area contributed by atoms with E-state index in [2.05, 4.69) is 21.0 Å². The van der Waals surface area contributed by atoms with Gasteiger partial charge in [-0.15, -0.1) is 0 Å². The molecule has 1 aliphatic rings. The van der Waals surface area contributed by atoms with E-state index < -0.39 is 0 Å². The Labute approximate surface area is 129 Å². The SMILES string of the molecule is C=C1CC[C@H](C=C[C@@H](O)CC)N1[CH2-].[2H][CH2-].[B].[Y]. The molecular weight excluding hydrogens is 274 g/mol. The second-order valence-corrected chi connectivity index (χ2v) is 3.50. The number of allylic oxidation sites excluding steroid dienone is 1. The second-order valence-electron chi connectivity index (χ2n) is 3.50. The van der Waals surface area contributed by atoms with E-state index in [1.165, 1.54) is 0 Å². The molecule has 4 heteroatoms. The van der Waals surface area contributed by atoms with Crippen LogP contribution < -0.4 is 0 Å². The molecule has 0 aromatic rings. The van der Waals surface area contributed by atoms with Gasteiger partial charge in [-0.2, -0.15) is 0 Å². The van der Waals surface area contributed by atoms with E-state index in [1.54, 1.807) is 0 Å². The van der Waals surface area contributed by atoms with E-state index >= 15 is 0 Å². The van der Waals surface area contributed by atoms with Crippen LogP contribution in [0.4, 0.5) is 0 Å². The fourth-order valence-electron chi connectivity index (χ4n) is 1.44. The summed E-state index contributed by atoms with van der Waals surface area (Å²) >= 11 is 0. The zero-order valence-electron chi connectivity index (χ0n) is 11.1. The number of nitrogens with zero attached hydrogens (tertiary/aromatic N) is 1. The molecule has 0 unspecified atom stereocenters. The van der Waals surface area contributed by atoms with E-state index in [-0.39, 0.29) is 47.2 Å². The summed E-state index contributed by atoms with van der Waals surface area (Å²) in [6, 6.07) is 0.327. The van der Waals surface area contributed by atoms with Crippen molar-refractivity contribution in [3.8, 4) is 0 Å². The van der Waals surface area contributed by atoms with Crippen molar-refractivity contribution in [1.82, 2.24) is 4.90 Å². The van der Waals surface area contributed by atoms with Crippen molar-refractivity contribution in [3.05, 3.63) is 38.9 Å². The summed E-state index contributed by atoms with van der Waals surface area (Å²) in [6.07, 6.45) is 6.40. The summed E-state index contributed by atoms with van der Waals surface area (Å²) in [4.78, 5) is 1.93. The predicted molar refractivity (Wildman–Crippen MR) is 67.0 cm³/mol. The quantitative estimate of drug-likeness (QED) is 0.490. The Morgan fingerprint density at radius 1 is 1.81 bits per heavy atom.